The van der Waals surface area contributed by atoms with Crippen molar-refractivity contribution in [1.29, 1.82) is 0 Å². The number of aryl methyl sites for hydroxylation is 1. The topological polar surface area (TPSA) is 37.1 Å². The Morgan fingerprint density at radius 1 is 0.741 bits per heavy atom. The maximum Gasteiger partial charge on any atom is 0.154 e. The van der Waals surface area contributed by atoms with E-state index in [-0.39, 0.29) is 0 Å². The van der Waals surface area contributed by atoms with Gasteiger partial charge >= 0.3 is 0 Å². The van der Waals surface area contributed by atoms with Crippen LogP contribution in [0.3, 0.4) is 0 Å². The first kappa shape index (κ1) is 20.0. The Balaban J connectivity index is 0.000000244. The van der Waals surface area contributed by atoms with Crippen molar-refractivity contribution in [1.82, 2.24) is 0 Å². The van der Waals surface area contributed by atoms with Gasteiger partial charge < -0.3 is 0 Å². The Morgan fingerprint density at radius 2 is 1.37 bits per heavy atom. The van der Waals surface area contributed by atoms with Gasteiger partial charge in [0.1, 0.15) is 0 Å². The van der Waals surface area contributed by atoms with Crippen LogP contribution in [0.5, 0.6) is 0 Å². The number of amidine groups is 1. The number of rotatable bonds is 5. The molecule has 27 heavy (non-hydrogen) atoms. The lowest BCUT2D eigenvalue weighted by Gasteiger charge is -2.02. The predicted octanol–water partition coefficient (Wildman–Crippen LogP) is 5.53. The molecule has 3 rings (SSSR count). The lowest BCUT2D eigenvalue weighted by Crippen LogP contribution is -1.97. The molecule has 0 saturated carbocycles. The predicted molar refractivity (Wildman–Crippen MR) is 117 cm³/mol. The molecular weight excluding hydrogens is 330 g/mol. The Morgan fingerprint density at radius 3 is 1.96 bits per heavy atom. The summed E-state index contributed by atoms with van der Waals surface area (Å²) in [6.45, 7) is 10.4. The van der Waals surface area contributed by atoms with E-state index in [1.165, 1.54) is 16.7 Å². The monoisotopic (exact) mass is 355 g/mol. The summed E-state index contributed by atoms with van der Waals surface area (Å²) in [6.07, 6.45) is 0. The van der Waals surface area contributed by atoms with Crippen molar-refractivity contribution in [2.45, 2.75) is 20.0 Å². The molecule has 0 aliphatic heterocycles. The molecule has 3 aromatic rings. The van der Waals surface area contributed by atoms with Gasteiger partial charge in [-0.25, -0.2) is 4.99 Å². The van der Waals surface area contributed by atoms with Gasteiger partial charge in [0.15, 0.2) is 5.84 Å². The number of aliphatic imine (C=N–C) groups is 3. The third-order valence-electron chi connectivity index (χ3n) is 3.81. The maximum atomic E-state index is 4.51. The van der Waals surface area contributed by atoms with Crippen LogP contribution in [0.25, 0.3) is 0 Å². The van der Waals surface area contributed by atoms with Crippen LogP contribution >= 0.6 is 0 Å². The van der Waals surface area contributed by atoms with Crippen LogP contribution < -0.4 is 0 Å². The molecule has 3 aromatic carbocycles. The van der Waals surface area contributed by atoms with Gasteiger partial charge in [0, 0.05) is 5.56 Å². The minimum absolute atomic E-state index is 0.630. The fourth-order valence-corrected chi connectivity index (χ4v) is 2.51. The molecule has 0 bridgehead atoms. The molecule has 0 heterocycles. The Kier molecular flexibility index (Phi) is 8.38. The molecule has 0 saturated heterocycles. The average Bonchev–Trinajstić information content (AvgIpc) is 2.71. The van der Waals surface area contributed by atoms with Crippen molar-refractivity contribution in [2.24, 2.45) is 15.0 Å². The maximum absolute atomic E-state index is 4.51. The third kappa shape index (κ3) is 7.20. The zero-order chi connectivity index (χ0) is 19.3. The van der Waals surface area contributed by atoms with Crippen LogP contribution in [0.1, 0.15) is 22.3 Å². The SMILES string of the molecule is C=NC(=NCc1cccc(C)c1)c1ccccc1.C=NCc1ccccc1. The summed E-state index contributed by atoms with van der Waals surface area (Å²) in [7, 11) is 0. The zero-order valence-corrected chi connectivity index (χ0v) is 15.8. The summed E-state index contributed by atoms with van der Waals surface area (Å²) in [4.78, 5) is 12.3. The van der Waals surface area contributed by atoms with E-state index < -0.39 is 0 Å². The normalized spacial score (nSPS) is 10.5. The van der Waals surface area contributed by atoms with Crippen LogP contribution in [0.2, 0.25) is 0 Å². The van der Waals surface area contributed by atoms with Crippen LogP contribution in [0, 0.1) is 6.92 Å². The molecule has 0 aliphatic rings. The molecule has 0 unspecified atom stereocenters. The third-order valence-corrected chi connectivity index (χ3v) is 3.81. The smallest absolute Gasteiger partial charge is 0.154 e. The summed E-state index contributed by atoms with van der Waals surface area (Å²) < 4.78 is 0. The van der Waals surface area contributed by atoms with E-state index in [9.17, 15) is 0 Å². The van der Waals surface area contributed by atoms with E-state index in [0.29, 0.717) is 12.4 Å². The van der Waals surface area contributed by atoms with Crippen molar-refractivity contribution < 1.29 is 0 Å². The van der Waals surface area contributed by atoms with Gasteiger partial charge in [0.25, 0.3) is 0 Å². The lowest BCUT2D eigenvalue weighted by molar-refractivity contribution is 1.06. The van der Waals surface area contributed by atoms with E-state index in [4.69, 9.17) is 0 Å². The van der Waals surface area contributed by atoms with Gasteiger partial charge in [-0.05, 0) is 31.5 Å². The summed E-state index contributed by atoms with van der Waals surface area (Å²) in [5.41, 5.74) is 4.65. The summed E-state index contributed by atoms with van der Waals surface area (Å²) in [6, 6.07) is 28.3. The summed E-state index contributed by atoms with van der Waals surface area (Å²) in [5.74, 6) is 0.692. The van der Waals surface area contributed by atoms with E-state index in [1.807, 2.05) is 66.7 Å². The Bertz CT molecular complexity index is 868. The highest BCUT2D eigenvalue weighted by molar-refractivity contribution is 6.01. The van der Waals surface area contributed by atoms with Gasteiger partial charge in [0.05, 0.1) is 13.1 Å². The molecule has 0 fully saturated rings. The molecule has 0 N–H and O–H groups in total. The van der Waals surface area contributed by atoms with Crippen LogP contribution in [0.15, 0.2) is 99.9 Å². The second-order valence-electron chi connectivity index (χ2n) is 6.02. The largest absolute Gasteiger partial charge is 0.296 e. The molecule has 3 nitrogen and oxygen atoms in total. The number of hydrogen-bond acceptors (Lipinski definition) is 2. The lowest BCUT2D eigenvalue weighted by atomic mass is 10.1. The minimum Gasteiger partial charge on any atom is -0.296 e. The molecule has 136 valence electrons. The van der Waals surface area contributed by atoms with Crippen molar-refractivity contribution in [3.05, 3.63) is 107 Å². The second kappa shape index (κ2) is 11.3. The molecule has 3 heteroatoms. The van der Waals surface area contributed by atoms with Crippen molar-refractivity contribution in [3.8, 4) is 0 Å². The first-order valence-electron chi connectivity index (χ1n) is 8.81. The van der Waals surface area contributed by atoms with Crippen LogP contribution in [-0.4, -0.2) is 19.3 Å². The summed E-state index contributed by atoms with van der Waals surface area (Å²) >= 11 is 0. The van der Waals surface area contributed by atoms with Crippen LogP contribution in [0.4, 0.5) is 0 Å². The van der Waals surface area contributed by atoms with Gasteiger partial charge in [-0.15, -0.1) is 0 Å². The second-order valence-corrected chi connectivity index (χ2v) is 6.02. The molecule has 0 amide bonds. The summed E-state index contributed by atoms with van der Waals surface area (Å²) in [5, 5.41) is 0. The van der Waals surface area contributed by atoms with Gasteiger partial charge in [-0.2, -0.15) is 0 Å². The molecule has 0 aliphatic carbocycles. The van der Waals surface area contributed by atoms with Gasteiger partial charge in [0.2, 0.25) is 0 Å². The first-order valence-corrected chi connectivity index (χ1v) is 8.81. The molecule has 0 radical (unpaired) electrons. The minimum atomic E-state index is 0.630. The average molecular weight is 355 g/mol. The first-order chi connectivity index (χ1) is 13.2. The molecule has 0 aromatic heterocycles. The Labute approximate surface area is 161 Å². The zero-order valence-electron chi connectivity index (χ0n) is 15.8. The number of hydrogen-bond donors (Lipinski definition) is 0. The standard InChI is InChI=1S/C16H16N2.C8H9N/c1-13-7-6-8-14(11-13)12-18-16(17-2)15-9-4-3-5-10-15;1-9-7-8-5-3-2-4-6-8/h3-11H,2,12H2,1H3;2-6H,1,7H2. The van der Waals surface area contributed by atoms with Gasteiger partial charge in [-0.1, -0.05) is 90.5 Å². The fourth-order valence-electron chi connectivity index (χ4n) is 2.51. The Hall–Kier alpha value is -3.33. The van der Waals surface area contributed by atoms with E-state index >= 15 is 0 Å². The van der Waals surface area contributed by atoms with Crippen LogP contribution in [-0.2, 0) is 13.1 Å². The highest BCUT2D eigenvalue weighted by atomic mass is 14.9. The van der Waals surface area contributed by atoms with Crippen molar-refractivity contribution in [2.75, 3.05) is 0 Å². The highest BCUT2D eigenvalue weighted by Crippen LogP contribution is 2.08. The van der Waals surface area contributed by atoms with E-state index in [2.05, 4.69) is 53.5 Å². The van der Waals surface area contributed by atoms with E-state index in [0.717, 1.165) is 12.1 Å². The quantitative estimate of drug-likeness (QED) is 0.426. The molecular formula is C24H25N3. The van der Waals surface area contributed by atoms with Gasteiger partial charge in [-0.3, -0.25) is 9.98 Å². The van der Waals surface area contributed by atoms with Crippen molar-refractivity contribution in [3.63, 3.8) is 0 Å². The fraction of sp³-hybridized carbons (Fsp3) is 0.125. The molecule has 0 spiro atoms. The van der Waals surface area contributed by atoms with E-state index in [1.54, 1.807) is 0 Å². The molecule has 0 atom stereocenters. The van der Waals surface area contributed by atoms with Crippen molar-refractivity contribution >= 4 is 19.3 Å². The number of nitrogens with zero attached hydrogens (tertiary/aromatic N) is 3. The highest BCUT2D eigenvalue weighted by Gasteiger charge is 1.99. The number of benzene rings is 3.